The summed E-state index contributed by atoms with van der Waals surface area (Å²) in [6.07, 6.45) is -3.18. The monoisotopic (exact) mass is 566 g/mol. The van der Waals surface area contributed by atoms with Crippen molar-refractivity contribution in [3.63, 3.8) is 0 Å². The van der Waals surface area contributed by atoms with E-state index >= 15 is 0 Å². The highest BCUT2D eigenvalue weighted by atomic mass is 16.7. The third kappa shape index (κ3) is 6.67. The average molecular weight is 567 g/mol. The van der Waals surface area contributed by atoms with Crippen molar-refractivity contribution in [2.75, 3.05) is 20.3 Å². The normalized spacial score (nSPS) is 34.8. The Morgan fingerprint density at radius 2 is 1.88 bits per heavy atom. The number of rotatable bonds is 12. The van der Waals surface area contributed by atoms with Gasteiger partial charge in [0.25, 0.3) is 0 Å². The second kappa shape index (κ2) is 13.2. The van der Waals surface area contributed by atoms with Crippen molar-refractivity contribution >= 4 is 11.9 Å². The van der Waals surface area contributed by atoms with Gasteiger partial charge in [-0.1, -0.05) is 37.3 Å². The molecule has 3 fully saturated rings. The molecule has 0 spiro atoms. The minimum atomic E-state index is -1.23. The quantitative estimate of drug-likeness (QED) is 0.359. The number of aliphatic hydroxyl groups excluding tert-OH is 2. The Morgan fingerprint density at radius 1 is 1.12 bits per heavy atom. The molecule has 0 amide bonds. The lowest BCUT2D eigenvalue weighted by molar-refractivity contribution is -0.383. The Hall–Kier alpha value is -2.12. The molecule has 0 aromatic heterocycles. The van der Waals surface area contributed by atoms with Crippen LogP contribution in [0.4, 0.5) is 0 Å². The first kappa shape index (κ1) is 30.8. The zero-order valence-corrected chi connectivity index (χ0v) is 23.7. The van der Waals surface area contributed by atoms with Crippen LogP contribution in [0.5, 0.6) is 0 Å². The maximum atomic E-state index is 12.1. The average Bonchev–Trinajstić information content (AvgIpc) is 3.27. The number of hydrogen-bond acceptors (Lipinski definition) is 11. The van der Waals surface area contributed by atoms with Gasteiger partial charge in [-0.15, -0.1) is 0 Å². The Kier molecular flexibility index (Phi) is 10.2. The van der Waals surface area contributed by atoms with Gasteiger partial charge in [0.05, 0.1) is 18.8 Å². The van der Waals surface area contributed by atoms with Crippen molar-refractivity contribution in [2.24, 2.45) is 0 Å². The topological polar surface area (TPSA) is 139 Å². The summed E-state index contributed by atoms with van der Waals surface area (Å²) in [7, 11) is 1.52. The van der Waals surface area contributed by atoms with Gasteiger partial charge in [-0.25, -0.2) is 0 Å². The van der Waals surface area contributed by atoms with E-state index in [1.807, 2.05) is 37.3 Å². The third-order valence-corrected chi connectivity index (χ3v) is 8.11. The van der Waals surface area contributed by atoms with E-state index in [1.54, 1.807) is 0 Å². The molecule has 3 saturated heterocycles. The van der Waals surface area contributed by atoms with Gasteiger partial charge in [0.1, 0.15) is 42.7 Å². The number of aliphatic hydroxyl groups is 2. The predicted molar refractivity (Wildman–Crippen MR) is 140 cm³/mol. The third-order valence-electron chi connectivity index (χ3n) is 8.11. The number of hydrogen-bond donors (Lipinski definition) is 2. The molecule has 224 valence electrons. The lowest BCUT2D eigenvalue weighted by atomic mass is 9.84. The molecule has 11 heteroatoms. The van der Waals surface area contributed by atoms with Gasteiger partial charge in [0.15, 0.2) is 5.79 Å². The standard InChI is InChI=1S/C29H42O11/c1-5-28(39-19(3)32,17-36-18(2)31)15-22-24(35-16-20-9-7-6-8-10-20)26-25(38-22)23(33)27-29(34-4,40-26)13-11-21(37-27)12-14-30/h6-10,21-27,30,33H,5,11-17H2,1-4H3/t21-,22-,23+,24+,25+,26+,27-,28+,29?/m1/s1. The highest BCUT2D eigenvalue weighted by Crippen LogP contribution is 2.47. The van der Waals surface area contributed by atoms with Crippen LogP contribution >= 0.6 is 0 Å². The van der Waals surface area contributed by atoms with Crippen molar-refractivity contribution in [1.29, 1.82) is 0 Å². The molecule has 0 saturated carbocycles. The number of carbonyl (C=O) groups is 2. The van der Waals surface area contributed by atoms with Gasteiger partial charge in [-0.3, -0.25) is 9.59 Å². The molecule has 1 unspecified atom stereocenters. The summed E-state index contributed by atoms with van der Waals surface area (Å²) in [6.45, 7) is 4.50. The van der Waals surface area contributed by atoms with Crippen LogP contribution in [-0.4, -0.2) is 96.6 Å². The summed E-state index contributed by atoms with van der Waals surface area (Å²) < 4.78 is 42.6. The molecule has 0 radical (unpaired) electrons. The van der Waals surface area contributed by atoms with E-state index < -0.39 is 60.0 Å². The molecule has 1 aromatic rings. The molecule has 2 N–H and O–H groups in total. The second-order valence-electron chi connectivity index (χ2n) is 10.8. The Labute approximate surface area is 235 Å². The number of benzene rings is 1. The summed E-state index contributed by atoms with van der Waals surface area (Å²) >= 11 is 0. The summed E-state index contributed by atoms with van der Waals surface area (Å²) in [4.78, 5) is 23.8. The van der Waals surface area contributed by atoms with Crippen LogP contribution in [-0.2, 0) is 49.4 Å². The van der Waals surface area contributed by atoms with Crippen LogP contribution in [0.15, 0.2) is 30.3 Å². The van der Waals surface area contributed by atoms with Crippen molar-refractivity contribution in [3.8, 4) is 0 Å². The Bertz CT molecular complexity index is 989. The van der Waals surface area contributed by atoms with Crippen LogP contribution in [0.1, 0.15) is 58.4 Å². The van der Waals surface area contributed by atoms with Gasteiger partial charge in [-0.2, -0.15) is 0 Å². The molecule has 11 nitrogen and oxygen atoms in total. The van der Waals surface area contributed by atoms with Crippen LogP contribution < -0.4 is 0 Å². The van der Waals surface area contributed by atoms with Gasteiger partial charge in [0, 0.05) is 40.4 Å². The summed E-state index contributed by atoms with van der Waals surface area (Å²) in [6, 6.07) is 9.63. The molecule has 0 bridgehead atoms. The lowest BCUT2D eigenvalue weighted by Gasteiger charge is -2.53. The highest BCUT2D eigenvalue weighted by Gasteiger charge is 2.64. The van der Waals surface area contributed by atoms with Crippen LogP contribution in [0.3, 0.4) is 0 Å². The van der Waals surface area contributed by atoms with E-state index in [4.69, 9.17) is 33.2 Å². The summed E-state index contributed by atoms with van der Waals surface area (Å²) in [5, 5.41) is 21.0. The van der Waals surface area contributed by atoms with Crippen LogP contribution in [0, 0.1) is 0 Å². The molecule has 3 heterocycles. The first-order chi connectivity index (χ1) is 19.2. The van der Waals surface area contributed by atoms with Gasteiger partial charge in [-0.05, 0) is 24.8 Å². The highest BCUT2D eigenvalue weighted by molar-refractivity contribution is 5.67. The van der Waals surface area contributed by atoms with Gasteiger partial charge in [0.2, 0.25) is 0 Å². The van der Waals surface area contributed by atoms with Crippen LogP contribution in [0.2, 0.25) is 0 Å². The molecule has 3 aliphatic rings. The van der Waals surface area contributed by atoms with Gasteiger partial charge < -0.3 is 43.4 Å². The summed E-state index contributed by atoms with van der Waals surface area (Å²) in [5.41, 5.74) is -0.237. The van der Waals surface area contributed by atoms with Crippen LogP contribution in [0.25, 0.3) is 0 Å². The fourth-order valence-corrected chi connectivity index (χ4v) is 6.03. The van der Waals surface area contributed by atoms with E-state index in [0.717, 1.165) is 5.56 Å². The second-order valence-corrected chi connectivity index (χ2v) is 10.8. The minimum Gasteiger partial charge on any atom is -0.462 e. The minimum absolute atomic E-state index is 0.0358. The maximum Gasteiger partial charge on any atom is 0.303 e. The Balaban J connectivity index is 1.64. The zero-order valence-electron chi connectivity index (χ0n) is 23.7. The van der Waals surface area contributed by atoms with Gasteiger partial charge >= 0.3 is 11.9 Å². The smallest absolute Gasteiger partial charge is 0.303 e. The summed E-state index contributed by atoms with van der Waals surface area (Å²) in [5.74, 6) is -2.24. The van der Waals surface area contributed by atoms with E-state index in [-0.39, 0.29) is 32.3 Å². The molecular formula is C29H42O11. The molecule has 9 atom stereocenters. The maximum absolute atomic E-state index is 12.1. The lowest BCUT2D eigenvalue weighted by Crippen LogP contribution is -2.68. The number of ether oxygens (including phenoxy) is 7. The first-order valence-corrected chi connectivity index (χ1v) is 14.0. The molecule has 0 aliphatic carbocycles. The van der Waals surface area contributed by atoms with E-state index in [1.165, 1.54) is 21.0 Å². The Morgan fingerprint density at radius 3 is 2.50 bits per heavy atom. The first-order valence-electron chi connectivity index (χ1n) is 14.0. The number of methoxy groups -OCH3 is 1. The largest absolute Gasteiger partial charge is 0.462 e. The molecule has 40 heavy (non-hydrogen) atoms. The molecule has 4 rings (SSSR count). The number of carbonyl (C=O) groups excluding carboxylic acids is 2. The number of fused-ring (bicyclic) bond motifs is 2. The predicted octanol–water partition coefficient (Wildman–Crippen LogP) is 2.04. The molecular weight excluding hydrogens is 524 g/mol. The van der Waals surface area contributed by atoms with Crippen molar-refractivity contribution in [1.82, 2.24) is 0 Å². The zero-order chi connectivity index (χ0) is 28.9. The molecule has 1 aromatic carbocycles. The molecule has 3 aliphatic heterocycles. The number of esters is 2. The van der Waals surface area contributed by atoms with E-state index in [2.05, 4.69) is 0 Å². The fourth-order valence-electron chi connectivity index (χ4n) is 6.03. The SMILES string of the molecule is CC[C@@](COC(C)=O)(C[C@H]1O[C@H]2[C@H](O)[C@H]3O[C@@H](CCO)CCC3(OC)O[C@H]2[C@H]1OCc1ccccc1)OC(C)=O. The van der Waals surface area contributed by atoms with Crippen molar-refractivity contribution in [3.05, 3.63) is 35.9 Å². The van der Waals surface area contributed by atoms with E-state index in [9.17, 15) is 19.8 Å². The van der Waals surface area contributed by atoms with Crippen molar-refractivity contribution in [2.45, 2.75) is 114 Å². The fraction of sp³-hybridized carbons (Fsp3) is 0.724. The van der Waals surface area contributed by atoms with E-state index in [0.29, 0.717) is 25.7 Å². The van der Waals surface area contributed by atoms with Crippen molar-refractivity contribution < 1.29 is 53.0 Å².